The van der Waals surface area contributed by atoms with Gasteiger partial charge in [-0.15, -0.1) is 0 Å². The van der Waals surface area contributed by atoms with Gasteiger partial charge in [-0.3, -0.25) is 4.79 Å². The molecule has 1 unspecified atom stereocenters. The Morgan fingerprint density at radius 3 is 3.00 bits per heavy atom. The highest BCUT2D eigenvalue weighted by atomic mass is 16.1. The molecule has 1 saturated heterocycles. The molecule has 0 aromatic heterocycles. The van der Waals surface area contributed by atoms with Gasteiger partial charge < -0.3 is 4.90 Å². The second kappa shape index (κ2) is 5.01. The molecule has 1 aromatic rings. The van der Waals surface area contributed by atoms with Crippen molar-refractivity contribution in [2.24, 2.45) is 5.92 Å². The Labute approximate surface area is 102 Å². The van der Waals surface area contributed by atoms with E-state index in [4.69, 9.17) is 5.26 Å². The Balaban J connectivity index is 2.31. The maximum Gasteiger partial charge on any atom is 0.150 e. The number of carbonyl (C=O) groups is 1. The van der Waals surface area contributed by atoms with Gasteiger partial charge in [-0.05, 0) is 37.0 Å². The summed E-state index contributed by atoms with van der Waals surface area (Å²) < 4.78 is 0. The zero-order chi connectivity index (χ0) is 12.3. The van der Waals surface area contributed by atoms with Crippen molar-refractivity contribution in [1.82, 2.24) is 0 Å². The standard InChI is InChI=1S/C14H16N2O/c1-11-3-2-6-16(9-11)14-5-4-12(10-17)7-13(14)8-15/h4-5,7,10-11H,2-3,6,9H2,1H3. The maximum absolute atomic E-state index is 10.7. The molecular weight excluding hydrogens is 212 g/mol. The molecule has 0 radical (unpaired) electrons. The summed E-state index contributed by atoms with van der Waals surface area (Å²) in [6, 6.07) is 7.52. The summed E-state index contributed by atoms with van der Waals surface area (Å²) in [4.78, 5) is 12.9. The van der Waals surface area contributed by atoms with Crippen LogP contribution in [0.2, 0.25) is 0 Å². The third-order valence-corrected chi connectivity index (χ3v) is 3.27. The molecule has 3 nitrogen and oxygen atoms in total. The molecule has 0 bridgehead atoms. The molecule has 88 valence electrons. The predicted molar refractivity (Wildman–Crippen MR) is 67.2 cm³/mol. The van der Waals surface area contributed by atoms with E-state index in [2.05, 4.69) is 17.9 Å². The minimum atomic E-state index is 0.565. The van der Waals surface area contributed by atoms with Crippen molar-refractivity contribution >= 4 is 12.0 Å². The van der Waals surface area contributed by atoms with Gasteiger partial charge in [0, 0.05) is 18.7 Å². The van der Waals surface area contributed by atoms with Gasteiger partial charge in [0.2, 0.25) is 0 Å². The number of piperidine rings is 1. The summed E-state index contributed by atoms with van der Waals surface area (Å²) in [7, 11) is 0. The van der Waals surface area contributed by atoms with Crippen molar-refractivity contribution in [3.8, 4) is 6.07 Å². The van der Waals surface area contributed by atoms with Crippen molar-refractivity contribution in [1.29, 1.82) is 5.26 Å². The molecular formula is C14H16N2O. The Morgan fingerprint density at radius 2 is 2.35 bits per heavy atom. The van der Waals surface area contributed by atoms with Crippen LogP contribution < -0.4 is 4.90 Å². The predicted octanol–water partition coefficient (Wildman–Crippen LogP) is 2.61. The molecule has 1 fully saturated rings. The molecule has 0 saturated carbocycles. The van der Waals surface area contributed by atoms with Crippen LogP contribution >= 0.6 is 0 Å². The molecule has 0 spiro atoms. The van der Waals surface area contributed by atoms with E-state index in [0.717, 1.165) is 25.1 Å². The van der Waals surface area contributed by atoms with E-state index in [9.17, 15) is 4.79 Å². The van der Waals surface area contributed by atoms with Crippen molar-refractivity contribution in [2.75, 3.05) is 18.0 Å². The molecule has 1 aromatic carbocycles. The Morgan fingerprint density at radius 1 is 1.53 bits per heavy atom. The minimum Gasteiger partial charge on any atom is -0.370 e. The highest BCUT2D eigenvalue weighted by Gasteiger charge is 2.18. The fraction of sp³-hybridized carbons (Fsp3) is 0.429. The van der Waals surface area contributed by atoms with Gasteiger partial charge in [-0.25, -0.2) is 0 Å². The van der Waals surface area contributed by atoms with Crippen LogP contribution in [0, 0.1) is 17.2 Å². The monoisotopic (exact) mass is 228 g/mol. The van der Waals surface area contributed by atoms with Gasteiger partial charge in [-0.2, -0.15) is 5.26 Å². The van der Waals surface area contributed by atoms with Gasteiger partial charge in [0.05, 0.1) is 11.3 Å². The molecule has 3 heteroatoms. The van der Waals surface area contributed by atoms with E-state index in [1.165, 1.54) is 12.8 Å². The second-order valence-electron chi connectivity index (χ2n) is 4.70. The van der Waals surface area contributed by atoms with E-state index >= 15 is 0 Å². The molecule has 2 rings (SSSR count). The largest absolute Gasteiger partial charge is 0.370 e. The van der Waals surface area contributed by atoms with Crippen molar-refractivity contribution in [3.63, 3.8) is 0 Å². The number of rotatable bonds is 2. The normalized spacial score (nSPS) is 19.8. The van der Waals surface area contributed by atoms with E-state index < -0.39 is 0 Å². The lowest BCUT2D eigenvalue weighted by Crippen LogP contribution is -2.34. The maximum atomic E-state index is 10.7. The van der Waals surface area contributed by atoms with E-state index in [1.54, 1.807) is 12.1 Å². The smallest absolute Gasteiger partial charge is 0.150 e. The van der Waals surface area contributed by atoms with Crippen LogP contribution in [0.4, 0.5) is 5.69 Å². The average molecular weight is 228 g/mol. The summed E-state index contributed by atoms with van der Waals surface area (Å²) in [5.74, 6) is 0.668. The number of nitrogens with zero attached hydrogens (tertiary/aromatic N) is 2. The van der Waals surface area contributed by atoms with Gasteiger partial charge in [-0.1, -0.05) is 6.92 Å². The molecule has 1 heterocycles. The number of hydrogen-bond acceptors (Lipinski definition) is 3. The Hall–Kier alpha value is -1.82. The van der Waals surface area contributed by atoms with E-state index in [1.807, 2.05) is 6.07 Å². The lowest BCUT2D eigenvalue weighted by molar-refractivity contribution is 0.112. The number of benzene rings is 1. The number of anilines is 1. The van der Waals surface area contributed by atoms with Crippen LogP contribution in [-0.2, 0) is 0 Å². The topological polar surface area (TPSA) is 44.1 Å². The first-order valence-electron chi connectivity index (χ1n) is 5.99. The molecule has 0 amide bonds. The van der Waals surface area contributed by atoms with Crippen molar-refractivity contribution < 1.29 is 4.79 Å². The van der Waals surface area contributed by atoms with Crippen molar-refractivity contribution in [3.05, 3.63) is 29.3 Å². The highest BCUT2D eigenvalue weighted by molar-refractivity contribution is 5.78. The second-order valence-corrected chi connectivity index (χ2v) is 4.70. The number of aldehydes is 1. The molecule has 1 aliphatic rings. The number of hydrogen-bond donors (Lipinski definition) is 0. The van der Waals surface area contributed by atoms with Crippen molar-refractivity contribution in [2.45, 2.75) is 19.8 Å². The fourth-order valence-corrected chi connectivity index (χ4v) is 2.40. The van der Waals surface area contributed by atoms with Gasteiger partial charge in [0.15, 0.2) is 0 Å². The number of carbonyl (C=O) groups excluding carboxylic acids is 1. The van der Waals surface area contributed by atoms with Crippen LogP contribution in [0.1, 0.15) is 35.7 Å². The lowest BCUT2D eigenvalue weighted by Gasteiger charge is -2.33. The third-order valence-electron chi connectivity index (χ3n) is 3.27. The molecule has 0 N–H and O–H groups in total. The molecule has 0 aliphatic carbocycles. The Bertz CT molecular complexity index is 462. The first-order valence-corrected chi connectivity index (χ1v) is 5.99. The van der Waals surface area contributed by atoms with Crippen LogP contribution in [0.3, 0.4) is 0 Å². The quantitative estimate of drug-likeness (QED) is 0.731. The molecule has 17 heavy (non-hydrogen) atoms. The third kappa shape index (κ3) is 2.47. The zero-order valence-electron chi connectivity index (χ0n) is 10.0. The fourth-order valence-electron chi connectivity index (χ4n) is 2.40. The average Bonchev–Trinajstić information content (AvgIpc) is 2.38. The summed E-state index contributed by atoms with van der Waals surface area (Å²) in [6.45, 7) is 4.23. The van der Waals surface area contributed by atoms with Crippen LogP contribution in [-0.4, -0.2) is 19.4 Å². The van der Waals surface area contributed by atoms with Crippen LogP contribution in [0.25, 0.3) is 0 Å². The van der Waals surface area contributed by atoms with Gasteiger partial charge in [0.25, 0.3) is 0 Å². The minimum absolute atomic E-state index is 0.565. The summed E-state index contributed by atoms with van der Waals surface area (Å²) >= 11 is 0. The van der Waals surface area contributed by atoms with Gasteiger partial charge >= 0.3 is 0 Å². The Kier molecular flexibility index (Phi) is 3.43. The molecule has 1 aliphatic heterocycles. The SMILES string of the molecule is CC1CCCN(c2ccc(C=O)cc2C#N)C1. The van der Waals surface area contributed by atoms with E-state index in [-0.39, 0.29) is 0 Å². The van der Waals surface area contributed by atoms with Gasteiger partial charge in [0.1, 0.15) is 12.4 Å². The number of nitriles is 1. The summed E-state index contributed by atoms with van der Waals surface area (Å²) in [6.07, 6.45) is 3.20. The lowest BCUT2D eigenvalue weighted by atomic mass is 9.98. The van der Waals surface area contributed by atoms with Crippen LogP contribution in [0.15, 0.2) is 18.2 Å². The molecule has 1 atom stereocenters. The van der Waals surface area contributed by atoms with Crippen LogP contribution in [0.5, 0.6) is 0 Å². The zero-order valence-corrected chi connectivity index (χ0v) is 10.0. The highest BCUT2D eigenvalue weighted by Crippen LogP contribution is 2.26. The summed E-state index contributed by atoms with van der Waals surface area (Å²) in [5.41, 5.74) is 2.13. The first-order chi connectivity index (χ1) is 8.24. The first kappa shape index (κ1) is 11.7. The van der Waals surface area contributed by atoms with E-state index in [0.29, 0.717) is 17.0 Å². The summed E-state index contributed by atoms with van der Waals surface area (Å²) in [5, 5.41) is 9.14.